The fraction of sp³-hybridized carbons (Fsp3) is 0.464. The van der Waals surface area contributed by atoms with Gasteiger partial charge >= 0.3 is 23.9 Å². The van der Waals surface area contributed by atoms with Crippen LogP contribution >= 0.6 is 27.3 Å². The topological polar surface area (TPSA) is 137 Å². The Kier molecular flexibility index (Phi) is 10.2. The molecule has 0 bridgehead atoms. The average molecular weight is 653 g/mol. The minimum Gasteiger partial charge on any atom is -0.492 e. The number of ether oxygens (including phenoxy) is 6. The van der Waals surface area contributed by atoms with Crippen LogP contribution in [0.5, 0.6) is 0 Å². The second-order valence-electron chi connectivity index (χ2n) is 9.47. The predicted octanol–water partition coefficient (Wildman–Crippen LogP) is 4.06. The second kappa shape index (κ2) is 13.6. The molecule has 1 aromatic carbocycles. The van der Waals surface area contributed by atoms with Crippen molar-refractivity contribution in [3.05, 3.63) is 56.0 Å². The molecule has 1 fully saturated rings. The molecule has 0 saturated carbocycles. The van der Waals surface area contributed by atoms with Crippen molar-refractivity contribution >= 4 is 56.9 Å². The molecule has 1 aromatic heterocycles. The largest absolute Gasteiger partial charge is 0.492 e. The van der Waals surface area contributed by atoms with Gasteiger partial charge in [0.25, 0.3) is 0 Å². The lowest BCUT2D eigenvalue weighted by atomic mass is 9.89. The minimum absolute atomic E-state index is 0.294. The molecular formula is C28H30BrNO10S. The molecule has 2 aliphatic rings. The summed E-state index contributed by atoms with van der Waals surface area (Å²) in [4.78, 5) is 53.4. The highest BCUT2D eigenvalue weighted by Gasteiger charge is 2.52. The van der Waals surface area contributed by atoms with Crippen molar-refractivity contribution in [3.8, 4) is 0 Å². The maximum Gasteiger partial charge on any atom is 0.303 e. The van der Waals surface area contributed by atoms with E-state index in [-0.39, 0.29) is 6.61 Å². The van der Waals surface area contributed by atoms with Crippen LogP contribution in [0.2, 0.25) is 0 Å². The van der Waals surface area contributed by atoms with E-state index in [9.17, 15) is 19.2 Å². The van der Waals surface area contributed by atoms with Crippen LogP contribution in [-0.2, 0) is 54.0 Å². The second-order valence-corrected chi connectivity index (χ2v) is 11.4. The van der Waals surface area contributed by atoms with Crippen molar-refractivity contribution in [2.75, 3.05) is 13.2 Å². The van der Waals surface area contributed by atoms with Crippen molar-refractivity contribution in [1.82, 2.24) is 4.98 Å². The fourth-order valence-corrected chi connectivity index (χ4v) is 5.98. The first-order valence-electron chi connectivity index (χ1n) is 12.9. The maximum atomic E-state index is 12.2. The lowest BCUT2D eigenvalue weighted by molar-refractivity contribution is -0.254. The molecule has 0 N–H and O–H groups in total. The fourth-order valence-electron chi connectivity index (χ4n) is 4.66. The maximum absolute atomic E-state index is 12.2. The number of esters is 4. The summed E-state index contributed by atoms with van der Waals surface area (Å²) in [6.45, 7) is 5.18. The smallest absolute Gasteiger partial charge is 0.303 e. The molecule has 3 heterocycles. The Morgan fingerprint density at radius 3 is 2.29 bits per heavy atom. The molecular weight excluding hydrogens is 622 g/mol. The zero-order valence-electron chi connectivity index (χ0n) is 22.9. The highest BCUT2D eigenvalue weighted by atomic mass is 79.9. The predicted molar refractivity (Wildman–Crippen MR) is 149 cm³/mol. The molecule has 13 heteroatoms. The Balaban J connectivity index is 1.70. The number of carbonyl (C=O) groups is 4. The van der Waals surface area contributed by atoms with Gasteiger partial charge in [-0.3, -0.25) is 19.2 Å². The van der Waals surface area contributed by atoms with Gasteiger partial charge in [-0.05, 0) is 23.3 Å². The number of benzene rings is 1. The van der Waals surface area contributed by atoms with Gasteiger partial charge < -0.3 is 28.4 Å². The Labute approximate surface area is 249 Å². The first-order chi connectivity index (χ1) is 19.5. The number of hydrogen-bond acceptors (Lipinski definition) is 12. The molecule has 2 aromatic rings. The summed E-state index contributed by atoms with van der Waals surface area (Å²) < 4.78 is 34.6. The first-order valence-corrected chi connectivity index (χ1v) is 14.5. The van der Waals surface area contributed by atoms with Crippen molar-refractivity contribution in [2.45, 2.75) is 71.1 Å². The molecule has 0 amide bonds. The molecule has 0 spiro atoms. The van der Waals surface area contributed by atoms with Gasteiger partial charge in [0.05, 0.1) is 16.5 Å². The zero-order chi connectivity index (χ0) is 29.7. The van der Waals surface area contributed by atoms with Crippen LogP contribution < -0.4 is 0 Å². The number of nitrogens with zero attached hydrogens (tertiary/aromatic N) is 1. The van der Waals surface area contributed by atoms with Crippen molar-refractivity contribution in [3.63, 3.8) is 0 Å². The number of rotatable bonds is 9. The summed E-state index contributed by atoms with van der Waals surface area (Å²) >= 11 is 5.13. The van der Waals surface area contributed by atoms with Crippen LogP contribution in [0.4, 0.5) is 0 Å². The van der Waals surface area contributed by atoms with Gasteiger partial charge in [0.1, 0.15) is 24.6 Å². The SMILES string of the molecule is CC(=O)OC[C@H]1O[C@@H](c2ccc(Br)c(Cc3ncc(C4=CCCO4)s3)c2)[C@H](OC(C)=O)[C@@H](OC(C)=O)[C@@H]1OC(C)=O. The lowest BCUT2D eigenvalue weighted by Crippen LogP contribution is -2.59. The third kappa shape index (κ3) is 7.92. The van der Waals surface area contributed by atoms with E-state index >= 15 is 0 Å². The van der Waals surface area contributed by atoms with Crippen LogP contribution in [0.1, 0.15) is 61.2 Å². The van der Waals surface area contributed by atoms with Gasteiger partial charge in [-0.15, -0.1) is 11.3 Å². The monoisotopic (exact) mass is 651 g/mol. The van der Waals surface area contributed by atoms with E-state index in [0.29, 0.717) is 18.6 Å². The van der Waals surface area contributed by atoms with E-state index in [1.165, 1.54) is 39.0 Å². The van der Waals surface area contributed by atoms with Crippen LogP contribution in [0.15, 0.2) is 34.9 Å². The van der Waals surface area contributed by atoms with Gasteiger partial charge in [-0.1, -0.05) is 28.1 Å². The Hall–Kier alpha value is -3.29. The third-order valence-corrected chi connectivity index (χ3v) is 8.02. The summed E-state index contributed by atoms with van der Waals surface area (Å²) in [7, 11) is 0. The normalized spacial score (nSPS) is 23.6. The quantitative estimate of drug-likeness (QED) is 0.287. The molecule has 0 aliphatic carbocycles. The molecule has 4 rings (SSSR count). The van der Waals surface area contributed by atoms with E-state index in [4.69, 9.17) is 28.4 Å². The zero-order valence-corrected chi connectivity index (χ0v) is 25.3. The van der Waals surface area contributed by atoms with Gasteiger partial charge in [-0.2, -0.15) is 0 Å². The highest BCUT2D eigenvalue weighted by molar-refractivity contribution is 9.10. The van der Waals surface area contributed by atoms with Crippen LogP contribution in [0.25, 0.3) is 5.76 Å². The van der Waals surface area contributed by atoms with Gasteiger partial charge in [-0.25, -0.2) is 4.98 Å². The molecule has 41 heavy (non-hydrogen) atoms. The number of aromatic nitrogens is 1. The van der Waals surface area contributed by atoms with Crippen LogP contribution in [-0.4, -0.2) is 66.5 Å². The molecule has 11 nitrogen and oxygen atoms in total. The van der Waals surface area contributed by atoms with Crippen LogP contribution in [0, 0.1) is 0 Å². The van der Waals surface area contributed by atoms with E-state index < -0.39 is 54.4 Å². The summed E-state index contributed by atoms with van der Waals surface area (Å²) in [5.74, 6) is -1.77. The average Bonchev–Trinajstić information content (AvgIpc) is 3.58. The molecule has 0 radical (unpaired) electrons. The van der Waals surface area contributed by atoms with Crippen molar-refractivity contribution in [2.24, 2.45) is 0 Å². The van der Waals surface area contributed by atoms with Crippen molar-refractivity contribution in [1.29, 1.82) is 0 Å². The van der Waals surface area contributed by atoms with E-state index in [0.717, 1.165) is 32.1 Å². The summed E-state index contributed by atoms with van der Waals surface area (Å²) in [5.41, 5.74) is 1.47. The van der Waals surface area contributed by atoms with Crippen LogP contribution in [0.3, 0.4) is 0 Å². The first kappa shape index (κ1) is 30.7. The standard InChI is InChI=1S/C28H30BrNO10S/c1-14(31)36-13-22-26(37-15(2)32)28(39-17(4)34)27(38-16(3)33)25(40-22)18-7-8-20(29)19(10-18)11-24-30-12-23(41-24)21-6-5-9-35-21/h6-8,10,12,22,25-28H,5,9,11,13H2,1-4H3/t22-,25+,26-,27+,28+/m1/s1. The summed E-state index contributed by atoms with van der Waals surface area (Å²) in [6, 6.07) is 5.48. The Morgan fingerprint density at radius 2 is 1.66 bits per heavy atom. The number of halogens is 1. The van der Waals surface area contributed by atoms with E-state index in [2.05, 4.69) is 20.9 Å². The number of hydrogen-bond donors (Lipinski definition) is 0. The molecule has 0 unspecified atom stereocenters. The highest BCUT2D eigenvalue weighted by Crippen LogP contribution is 2.39. The van der Waals surface area contributed by atoms with E-state index in [1.54, 1.807) is 12.3 Å². The Morgan fingerprint density at radius 1 is 0.976 bits per heavy atom. The van der Waals surface area contributed by atoms with Crippen molar-refractivity contribution < 1.29 is 47.6 Å². The summed E-state index contributed by atoms with van der Waals surface area (Å²) in [5, 5.41) is 0.857. The Bertz CT molecular complexity index is 1340. The molecule has 2 aliphatic heterocycles. The molecule has 220 valence electrons. The minimum atomic E-state index is -1.24. The van der Waals surface area contributed by atoms with E-state index in [1.807, 2.05) is 18.2 Å². The number of thiazole rings is 1. The third-order valence-electron chi connectivity index (χ3n) is 6.23. The lowest BCUT2D eigenvalue weighted by Gasteiger charge is -2.44. The van der Waals surface area contributed by atoms with Gasteiger partial charge in [0, 0.05) is 51.2 Å². The molecule has 1 saturated heterocycles. The molecule has 5 atom stereocenters. The van der Waals surface area contributed by atoms with Gasteiger partial charge in [0.15, 0.2) is 18.3 Å². The number of carbonyl (C=O) groups excluding carboxylic acids is 4. The van der Waals surface area contributed by atoms with Gasteiger partial charge in [0.2, 0.25) is 0 Å². The summed E-state index contributed by atoms with van der Waals surface area (Å²) in [6.07, 6.45) is -0.457.